The van der Waals surface area contributed by atoms with Gasteiger partial charge in [-0.25, -0.2) is 15.0 Å². The molecule has 12 rings (SSSR count). The lowest BCUT2D eigenvalue weighted by Crippen LogP contribution is -1.99. The third-order valence-corrected chi connectivity index (χ3v) is 11.2. The van der Waals surface area contributed by atoms with Gasteiger partial charge < -0.3 is 9.13 Å². The molecule has 12 aromatic rings. The number of aromatic nitrogens is 6. The highest BCUT2D eigenvalue weighted by atomic mass is 15.1. The van der Waals surface area contributed by atoms with E-state index in [2.05, 4.69) is 187 Å². The lowest BCUT2D eigenvalue weighted by molar-refractivity contribution is 1.08. The van der Waals surface area contributed by atoms with Gasteiger partial charge in [-0.15, -0.1) is 0 Å². The second kappa shape index (κ2) is 11.5. The van der Waals surface area contributed by atoms with E-state index >= 15 is 0 Å². The van der Waals surface area contributed by atoms with Crippen molar-refractivity contribution in [3.63, 3.8) is 0 Å². The molecule has 0 amide bonds. The van der Waals surface area contributed by atoms with Crippen LogP contribution in [0.1, 0.15) is 0 Å². The third kappa shape index (κ3) is 4.22. The van der Waals surface area contributed by atoms with Crippen LogP contribution in [0.25, 0.3) is 105 Å². The highest BCUT2D eigenvalue weighted by Gasteiger charge is 2.25. The molecule has 0 saturated carbocycles. The van der Waals surface area contributed by atoms with Gasteiger partial charge in [-0.2, -0.15) is 0 Å². The zero-order valence-corrected chi connectivity index (χ0v) is 29.5. The van der Waals surface area contributed by atoms with E-state index in [0.29, 0.717) is 0 Å². The molecular weight excluding hydrogens is 673 g/mol. The lowest BCUT2D eigenvalue weighted by atomic mass is 9.98. The molecule has 0 N–H and O–H groups in total. The summed E-state index contributed by atoms with van der Waals surface area (Å²) >= 11 is 0. The summed E-state index contributed by atoms with van der Waals surface area (Å²) in [6, 6.07) is 58.7. The van der Waals surface area contributed by atoms with Crippen LogP contribution in [-0.4, -0.2) is 28.7 Å². The second-order valence-corrected chi connectivity index (χ2v) is 14.1. The van der Waals surface area contributed by atoms with Crippen LogP contribution in [0.5, 0.6) is 0 Å². The van der Waals surface area contributed by atoms with Gasteiger partial charge in [-0.05, 0) is 60.0 Å². The van der Waals surface area contributed by atoms with Gasteiger partial charge in [0.05, 0.1) is 51.2 Å². The Balaban J connectivity index is 1.22. The molecule has 4 aromatic heterocycles. The summed E-state index contributed by atoms with van der Waals surface area (Å²) in [4.78, 5) is 14.1. The molecule has 0 saturated heterocycles. The summed E-state index contributed by atoms with van der Waals surface area (Å²) in [6.45, 7) is 0. The minimum absolute atomic E-state index is 0.913. The van der Waals surface area contributed by atoms with Gasteiger partial charge in [0.1, 0.15) is 12.2 Å². The Labute approximate surface area is 314 Å². The minimum Gasteiger partial charge on any atom is -0.308 e. The SMILES string of the molecule is c1ccc(-n2c(-c3ccc(-n4c5c6ccccc6ccc5c5c6c7ccccc7n(-c7cncnc7)c6c6ccccc6c54)cc3)nc3ccccc32)cc1. The molecule has 0 aliphatic heterocycles. The van der Waals surface area contributed by atoms with Crippen molar-refractivity contribution in [3.05, 3.63) is 183 Å². The van der Waals surface area contributed by atoms with Gasteiger partial charge >= 0.3 is 0 Å². The monoisotopic (exact) mass is 702 g/mol. The van der Waals surface area contributed by atoms with Crippen LogP contribution in [0.15, 0.2) is 183 Å². The van der Waals surface area contributed by atoms with Crippen molar-refractivity contribution in [3.8, 4) is 28.5 Å². The summed E-state index contributed by atoms with van der Waals surface area (Å²) in [5.74, 6) is 0.913. The molecule has 0 aliphatic rings. The van der Waals surface area contributed by atoms with Crippen molar-refractivity contribution in [1.82, 2.24) is 28.7 Å². The van der Waals surface area contributed by atoms with Crippen LogP contribution in [0, 0.1) is 0 Å². The van der Waals surface area contributed by atoms with Crippen molar-refractivity contribution in [2.75, 3.05) is 0 Å². The Morgan fingerprint density at radius 3 is 1.75 bits per heavy atom. The standard InChI is InChI=1S/C49H30N6/c1-2-13-33(14-3-1)54-43-21-11-9-19-41(43)52-49(54)32-22-25-34(26-23-32)55-46-36-15-5-4-12-31(36)24-27-40(46)45-44-39-18-8-10-20-42(39)53(35-28-50-30-51-29-35)47(44)37-16-6-7-17-38(37)48(45)55/h1-30H. The number of para-hydroxylation sites is 4. The Kier molecular flexibility index (Phi) is 6.24. The molecule has 6 heteroatoms. The first kappa shape index (κ1) is 29.9. The maximum atomic E-state index is 5.17. The van der Waals surface area contributed by atoms with E-state index in [9.17, 15) is 0 Å². The van der Waals surface area contributed by atoms with Crippen LogP contribution < -0.4 is 0 Å². The van der Waals surface area contributed by atoms with Crippen molar-refractivity contribution >= 4 is 76.2 Å². The fraction of sp³-hybridized carbons (Fsp3) is 0. The summed E-state index contributed by atoms with van der Waals surface area (Å²) in [6.07, 6.45) is 5.40. The van der Waals surface area contributed by atoms with Crippen molar-refractivity contribution in [2.24, 2.45) is 0 Å². The molecule has 55 heavy (non-hydrogen) atoms. The number of rotatable bonds is 4. The van der Waals surface area contributed by atoms with Crippen LogP contribution in [0.2, 0.25) is 0 Å². The van der Waals surface area contributed by atoms with Crippen LogP contribution in [0.3, 0.4) is 0 Å². The van der Waals surface area contributed by atoms with E-state index in [4.69, 9.17) is 4.98 Å². The first-order chi connectivity index (χ1) is 27.3. The fourth-order valence-corrected chi connectivity index (χ4v) is 8.95. The lowest BCUT2D eigenvalue weighted by Gasteiger charge is -2.14. The number of imidazole rings is 1. The molecular formula is C49H30N6. The van der Waals surface area contributed by atoms with E-state index in [1.54, 1.807) is 6.33 Å². The second-order valence-electron chi connectivity index (χ2n) is 14.1. The maximum Gasteiger partial charge on any atom is 0.145 e. The zero-order valence-electron chi connectivity index (χ0n) is 29.5. The molecule has 0 unspecified atom stereocenters. The fourth-order valence-electron chi connectivity index (χ4n) is 8.95. The topological polar surface area (TPSA) is 53.5 Å². The molecule has 0 aliphatic carbocycles. The summed E-state index contributed by atoms with van der Waals surface area (Å²) in [7, 11) is 0. The Morgan fingerprint density at radius 1 is 0.364 bits per heavy atom. The molecule has 0 fully saturated rings. The van der Waals surface area contributed by atoms with E-state index < -0.39 is 0 Å². The van der Waals surface area contributed by atoms with Crippen molar-refractivity contribution < 1.29 is 0 Å². The normalized spacial score (nSPS) is 12.0. The molecule has 0 spiro atoms. The Hall–Kier alpha value is -7.57. The summed E-state index contributed by atoms with van der Waals surface area (Å²) in [5.41, 5.74) is 10.9. The molecule has 8 aromatic carbocycles. The molecule has 4 heterocycles. The first-order valence-corrected chi connectivity index (χ1v) is 18.5. The Bertz CT molecular complexity index is 3470. The predicted molar refractivity (Wildman–Crippen MR) is 226 cm³/mol. The molecule has 0 atom stereocenters. The first-order valence-electron chi connectivity index (χ1n) is 18.5. The number of nitrogens with zero attached hydrogens (tertiary/aromatic N) is 6. The van der Waals surface area contributed by atoms with Gasteiger partial charge in [0, 0.05) is 54.6 Å². The number of benzene rings is 8. The summed E-state index contributed by atoms with van der Waals surface area (Å²) < 4.78 is 7.09. The molecule has 256 valence electrons. The minimum atomic E-state index is 0.913. The number of fused-ring (bicyclic) bond motifs is 13. The maximum absolute atomic E-state index is 5.17. The quantitative estimate of drug-likeness (QED) is 0.183. The van der Waals surface area contributed by atoms with Crippen LogP contribution in [-0.2, 0) is 0 Å². The van der Waals surface area contributed by atoms with Gasteiger partial charge in [0.15, 0.2) is 0 Å². The smallest absolute Gasteiger partial charge is 0.145 e. The third-order valence-electron chi connectivity index (χ3n) is 11.2. The van der Waals surface area contributed by atoms with E-state index in [0.717, 1.165) is 50.5 Å². The predicted octanol–water partition coefficient (Wildman–Crippen LogP) is 12.0. The zero-order chi connectivity index (χ0) is 36.0. The van der Waals surface area contributed by atoms with Crippen LogP contribution in [0.4, 0.5) is 0 Å². The van der Waals surface area contributed by atoms with Gasteiger partial charge in [-0.3, -0.25) is 4.57 Å². The highest BCUT2D eigenvalue weighted by molar-refractivity contribution is 6.38. The molecule has 0 bridgehead atoms. The number of hydrogen-bond donors (Lipinski definition) is 0. The molecule has 6 nitrogen and oxygen atoms in total. The largest absolute Gasteiger partial charge is 0.308 e. The summed E-state index contributed by atoms with van der Waals surface area (Å²) in [5, 5.41) is 9.63. The average molecular weight is 703 g/mol. The highest BCUT2D eigenvalue weighted by Crippen LogP contribution is 2.48. The van der Waals surface area contributed by atoms with Gasteiger partial charge in [0.25, 0.3) is 0 Å². The van der Waals surface area contributed by atoms with E-state index in [1.807, 2.05) is 12.4 Å². The van der Waals surface area contributed by atoms with Crippen LogP contribution >= 0.6 is 0 Å². The van der Waals surface area contributed by atoms with Gasteiger partial charge in [-0.1, -0.05) is 109 Å². The van der Waals surface area contributed by atoms with E-state index in [1.165, 1.54) is 54.1 Å². The average Bonchev–Trinajstić information content (AvgIpc) is 3.93. The van der Waals surface area contributed by atoms with Crippen molar-refractivity contribution in [2.45, 2.75) is 0 Å². The van der Waals surface area contributed by atoms with Gasteiger partial charge in [0.2, 0.25) is 0 Å². The van der Waals surface area contributed by atoms with E-state index in [-0.39, 0.29) is 0 Å². The number of hydrogen-bond acceptors (Lipinski definition) is 3. The Morgan fingerprint density at radius 2 is 0.964 bits per heavy atom. The van der Waals surface area contributed by atoms with Crippen molar-refractivity contribution in [1.29, 1.82) is 0 Å². The molecule has 0 radical (unpaired) electrons.